The molecular formula is C11H13NO2S. The van der Waals surface area contributed by atoms with Gasteiger partial charge in [-0.15, -0.1) is 0 Å². The van der Waals surface area contributed by atoms with E-state index >= 15 is 0 Å². The van der Waals surface area contributed by atoms with E-state index in [-0.39, 0.29) is 6.61 Å². The number of hydrogen-bond acceptors (Lipinski definition) is 3. The molecule has 80 valence electrons. The highest BCUT2D eigenvalue weighted by Gasteiger charge is 2.02. The Bertz CT molecular complexity index is 367. The van der Waals surface area contributed by atoms with Crippen LogP contribution in [-0.4, -0.2) is 15.1 Å². The molecule has 0 aliphatic heterocycles. The molecule has 0 spiro atoms. The number of rotatable bonds is 5. The number of benzene rings is 1. The molecule has 0 aliphatic carbocycles. The molecule has 4 heteroatoms. The van der Waals surface area contributed by atoms with Gasteiger partial charge in [-0.25, -0.2) is 0 Å². The van der Waals surface area contributed by atoms with Crippen molar-refractivity contribution >= 4 is 10.8 Å². The van der Waals surface area contributed by atoms with Crippen LogP contribution in [0.25, 0.3) is 0 Å². The predicted octanol–water partition coefficient (Wildman–Crippen LogP) is 1.59. The van der Waals surface area contributed by atoms with Crippen molar-refractivity contribution < 1.29 is 9.32 Å². The zero-order chi connectivity index (χ0) is 11.1. The SMILES string of the molecule is N#CCCCS(=O)c1ccc(CO)cc1. The molecule has 0 heterocycles. The van der Waals surface area contributed by atoms with Crippen molar-refractivity contribution in [2.75, 3.05) is 5.75 Å². The Morgan fingerprint density at radius 2 is 2.00 bits per heavy atom. The average molecular weight is 223 g/mol. The molecule has 1 atom stereocenters. The molecular weight excluding hydrogens is 210 g/mol. The average Bonchev–Trinajstić information content (AvgIpc) is 2.29. The number of aliphatic hydroxyl groups is 1. The first-order chi connectivity index (χ1) is 7.27. The molecule has 3 nitrogen and oxygen atoms in total. The van der Waals surface area contributed by atoms with Crippen molar-refractivity contribution in [2.24, 2.45) is 0 Å². The minimum atomic E-state index is -1.03. The van der Waals surface area contributed by atoms with Crippen molar-refractivity contribution in [1.29, 1.82) is 5.26 Å². The molecule has 0 amide bonds. The summed E-state index contributed by atoms with van der Waals surface area (Å²) in [7, 11) is -1.03. The van der Waals surface area contributed by atoms with Crippen LogP contribution in [0.15, 0.2) is 29.2 Å². The van der Waals surface area contributed by atoms with Crippen LogP contribution in [0, 0.1) is 11.3 Å². The molecule has 15 heavy (non-hydrogen) atoms. The zero-order valence-electron chi connectivity index (χ0n) is 8.35. The van der Waals surface area contributed by atoms with Crippen molar-refractivity contribution in [1.82, 2.24) is 0 Å². The highest BCUT2D eigenvalue weighted by atomic mass is 32.2. The molecule has 0 saturated heterocycles. The van der Waals surface area contributed by atoms with Gasteiger partial charge >= 0.3 is 0 Å². The first kappa shape index (κ1) is 11.9. The van der Waals surface area contributed by atoms with Crippen LogP contribution in [0.2, 0.25) is 0 Å². The van der Waals surface area contributed by atoms with Crippen molar-refractivity contribution in [3.05, 3.63) is 29.8 Å². The molecule has 0 aliphatic rings. The maximum absolute atomic E-state index is 11.7. The predicted molar refractivity (Wildman–Crippen MR) is 58.5 cm³/mol. The van der Waals surface area contributed by atoms with E-state index in [9.17, 15) is 4.21 Å². The summed E-state index contributed by atoms with van der Waals surface area (Å²) in [6.45, 7) is 0.00134. The highest BCUT2D eigenvalue weighted by Crippen LogP contribution is 2.10. The first-order valence-corrected chi connectivity index (χ1v) is 6.05. The molecule has 1 N–H and O–H groups in total. The smallest absolute Gasteiger partial charge is 0.0681 e. The van der Waals surface area contributed by atoms with Gasteiger partial charge in [0.15, 0.2) is 0 Å². The summed E-state index contributed by atoms with van der Waals surface area (Å²) < 4.78 is 11.7. The second-order valence-corrected chi connectivity index (χ2v) is 4.68. The summed E-state index contributed by atoms with van der Waals surface area (Å²) in [5, 5.41) is 17.2. The Balaban J connectivity index is 2.55. The largest absolute Gasteiger partial charge is 0.392 e. The molecule has 1 aromatic rings. The van der Waals surface area contributed by atoms with E-state index in [1.807, 2.05) is 6.07 Å². The van der Waals surface area contributed by atoms with Crippen LogP contribution in [-0.2, 0) is 17.4 Å². The van der Waals surface area contributed by atoms with E-state index in [1.54, 1.807) is 24.3 Å². The van der Waals surface area contributed by atoms with E-state index in [0.717, 1.165) is 10.5 Å². The fourth-order valence-corrected chi connectivity index (χ4v) is 2.23. The summed E-state index contributed by atoms with van der Waals surface area (Å²) >= 11 is 0. The third kappa shape index (κ3) is 3.82. The van der Waals surface area contributed by atoms with E-state index in [1.165, 1.54) is 0 Å². The number of aliphatic hydroxyl groups excluding tert-OH is 1. The number of unbranched alkanes of at least 4 members (excludes halogenated alkanes) is 1. The molecule has 0 bridgehead atoms. The van der Waals surface area contributed by atoms with Gasteiger partial charge in [0.05, 0.1) is 23.5 Å². The molecule has 0 saturated carbocycles. The summed E-state index contributed by atoms with van der Waals surface area (Å²) in [6, 6.07) is 9.06. The topological polar surface area (TPSA) is 61.1 Å². The van der Waals surface area contributed by atoms with E-state index < -0.39 is 10.8 Å². The van der Waals surface area contributed by atoms with Gasteiger partial charge in [-0.2, -0.15) is 5.26 Å². The van der Waals surface area contributed by atoms with Gasteiger partial charge in [0.1, 0.15) is 0 Å². The van der Waals surface area contributed by atoms with E-state index in [0.29, 0.717) is 18.6 Å². The summed E-state index contributed by atoms with van der Waals surface area (Å²) in [5.41, 5.74) is 0.813. The Labute approximate surface area is 91.8 Å². The van der Waals surface area contributed by atoms with Crippen LogP contribution < -0.4 is 0 Å². The number of nitriles is 1. The van der Waals surface area contributed by atoms with E-state index in [4.69, 9.17) is 10.4 Å². The van der Waals surface area contributed by atoms with Crippen LogP contribution in [0.1, 0.15) is 18.4 Å². The summed E-state index contributed by atoms with van der Waals surface area (Å²) in [6.07, 6.45) is 1.10. The maximum Gasteiger partial charge on any atom is 0.0681 e. The molecule has 1 aromatic carbocycles. The zero-order valence-corrected chi connectivity index (χ0v) is 9.17. The Kier molecular flexibility index (Phi) is 5.02. The Morgan fingerprint density at radius 1 is 1.33 bits per heavy atom. The fraction of sp³-hybridized carbons (Fsp3) is 0.364. The van der Waals surface area contributed by atoms with Crippen LogP contribution in [0.3, 0.4) is 0 Å². The van der Waals surface area contributed by atoms with Crippen molar-refractivity contribution in [2.45, 2.75) is 24.3 Å². The fourth-order valence-electron chi connectivity index (χ4n) is 1.15. The van der Waals surface area contributed by atoms with Crippen molar-refractivity contribution in [3.8, 4) is 6.07 Å². The van der Waals surface area contributed by atoms with Crippen LogP contribution in [0.4, 0.5) is 0 Å². The van der Waals surface area contributed by atoms with Gasteiger partial charge in [-0.3, -0.25) is 4.21 Å². The van der Waals surface area contributed by atoms with Crippen LogP contribution in [0.5, 0.6) is 0 Å². The lowest BCUT2D eigenvalue weighted by molar-refractivity contribution is 0.282. The lowest BCUT2D eigenvalue weighted by Crippen LogP contribution is -1.98. The van der Waals surface area contributed by atoms with Gasteiger partial charge in [0.25, 0.3) is 0 Å². The highest BCUT2D eigenvalue weighted by molar-refractivity contribution is 7.85. The molecule has 1 rings (SSSR count). The molecule has 0 radical (unpaired) electrons. The number of hydrogen-bond donors (Lipinski definition) is 1. The van der Waals surface area contributed by atoms with Gasteiger partial charge in [-0.1, -0.05) is 12.1 Å². The summed E-state index contributed by atoms with van der Waals surface area (Å²) in [5.74, 6) is 0.520. The lowest BCUT2D eigenvalue weighted by Gasteiger charge is -2.01. The van der Waals surface area contributed by atoms with Gasteiger partial charge in [-0.05, 0) is 24.1 Å². The van der Waals surface area contributed by atoms with E-state index in [2.05, 4.69) is 0 Å². The number of nitrogens with zero attached hydrogens (tertiary/aromatic N) is 1. The first-order valence-electron chi connectivity index (χ1n) is 4.73. The monoisotopic (exact) mass is 223 g/mol. The third-order valence-electron chi connectivity index (χ3n) is 1.99. The lowest BCUT2D eigenvalue weighted by atomic mass is 10.2. The Hall–Kier alpha value is -1.18. The third-order valence-corrected chi connectivity index (χ3v) is 3.44. The van der Waals surface area contributed by atoms with Gasteiger partial charge in [0, 0.05) is 17.1 Å². The minimum absolute atomic E-state index is 0.00134. The van der Waals surface area contributed by atoms with Crippen molar-refractivity contribution in [3.63, 3.8) is 0 Å². The van der Waals surface area contributed by atoms with Gasteiger partial charge in [0.2, 0.25) is 0 Å². The second-order valence-electron chi connectivity index (χ2n) is 3.11. The van der Waals surface area contributed by atoms with Crippen LogP contribution >= 0.6 is 0 Å². The molecule has 0 aromatic heterocycles. The standard InChI is InChI=1S/C11H13NO2S/c12-7-1-2-8-15(14)11-5-3-10(9-13)4-6-11/h3-6,13H,1-2,8-9H2. The molecule has 1 unspecified atom stereocenters. The molecule has 0 fully saturated rings. The van der Waals surface area contributed by atoms with Gasteiger partial charge < -0.3 is 5.11 Å². The minimum Gasteiger partial charge on any atom is -0.392 e. The maximum atomic E-state index is 11.7. The second kappa shape index (κ2) is 6.33. The quantitative estimate of drug-likeness (QED) is 0.771. The summed E-state index contributed by atoms with van der Waals surface area (Å²) in [4.78, 5) is 0.755. The normalized spacial score (nSPS) is 12.0. The Morgan fingerprint density at radius 3 is 2.53 bits per heavy atom.